The summed E-state index contributed by atoms with van der Waals surface area (Å²) in [5.41, 5.74) is 6.91. The van der Waals surface area contributed by atoms with Gasteiger partial charge >= 0.3 is 0 Å². The largest absolute Gasteiger partial charge is 0.492 e. The maximum atomic E-state index is 12.2. The second-order valence-electron chi connectivity index (χ2n) is 4.97. The highest BCUT2D eigenvalue weighted by atomic mass is 16.5. The summed E-state index contributed by atoms with van der Waals surface area (Å²) in [6.07, 6.45) is 3.14. The van der Waals surface area contributed by atoms with Gasteiger partial charge in [0, 0.05) is 12.7 Å². The Morgan fingerprint density at radius 2 is 2.25 bits per heavy atom. The first-order chi connectivity index (χ1) is 9.65. The molecule has 0 aromatic heterocycles. The molecule has 0 heterocycles. The van der Waals surface area contributed by atoms with Crippen molar-refractivity contribution in [3.05, 3.63) is 23.8 Å². The van der Waals surface area contributed by atoms with Gasteiger partial charge in [0.05, 0.1) is 24.4 Å². The zero-order chi connectivity index (χ0) is 14.5. The first-order valence-corrected chi connectivity index (χ1v) is 7.01. The molecule has 1 aromatic carbocycles. The molecule has 1 aromatic rings. The minimum Gasteiger partial charge on any atom is -0.492 e. The molecule has 110 valence electrons. The van der Waals surface area contributed by atoms with Crippen molar-refractivity contribution in [1.29, 1.82) is 0 Å². The van der Waals surface area contributed by atoms with Gasteiger partial charge in [-0.1, -0.05) is 0 Å². The third kappa shape index (κ3) is 3.22. The summed E-state index contributed by atoms with van der Waals surface area (Å²) in [6.45, 7) is 2.44. The molecule has 1 aliphatic carbocycles. The Kier molecular flexibility index (Phi) is 4.84. The van der Waals surface area contributed by atoms with Crippen molar-refractivity contribution in [3.63, 3.8) is 0 Å². The van der Waals surface area contributed by atoms with Crippen LogP contribution >= 0.6 is 0 Å². The number of ether oxygens (including phenoxy) is 2. The molecule has 0 radical (unpaired) electrons. The molecule has 20 heavy (non-hydrogen) atoms. The predicted octanol–water partition coefficient (Wildman–Crippen LogP) is 1.96. The van der Waals surface area contributed by atoms with E-state index in [4.69, 9.17) is 15.2 Å². The number of rotatable bonds is 5. The molecule has 5 nitrogen and oxygen atoms in total. The average molecular weight is 278 g/mol. The summed E-state index contributed by atoms with van der Waals surface area (Å²) < 4.78 is 10.7. The number of hydrogen-bond acceptors (Lipinski definition) is 4. The van der Waals surface area contributed by atoms with Crippen LogP contribution < -0.4 is 15.8 Å². The van der Waals surface area contributed by atoms with Gasteiger partial charge in [0.1, 0.15) is 5.75 Å². The van der Waals surface area contributed by atoms with E-state index in [-0.39, 0.29) is 18.1 Å². The number of nitrogen functional groups attached to an aromatic ring is 1. The number of carbonyl (C=O) groups is 1. The van der Waals surface area contributed by atoms with Crippen molar-refractivity contribution in [2.45, 2.75) is 38.3 Å². The molecule has 1 amide bonds. The molecule has 1 saturated carbocycles. The van der Waals surface area contributed by atoms with E-state index >= 15 is 0 Å². The highest BCUT2D eigenvalue weighted by Gasteiger charge is 2.28. The van der Waals surface area contributed by atoms with E-state index in [2.05, 4.69) is 5.32 Å². The fraction of sp³-hybridized carbons (Fsp3) is 0.533. The van der Waals surface area contributed by atoms with Gasteiger partial charge < -0.3 is 20.5 Å². The number of methoxy groups -OCH3 is 1. The SMILES string of the molecule is CCOc1ccc(C(=O)NC2CCCC2OC)cc1N. The minimum absolute atomic E-state index is 0.0836. The molecule has 0 spiro atoms. The molecular formula is C15H22N2O3. The van der Waals surface area contributed by atoms with E-state index in [1.165, 1.54) is 0 Å². The van der Waals surface area contributed by atoms with Crippen molar-refractivity contribution in [1.82, 2.24) is 5.32 Å². The summed E-state index contributed by atoms with van der Waals surface area (Å²) >= 11 is 0. The van der Waals surface area contributed by atoms with Crippen LogP contribution in [0.5, 0.6) is 5.75 Å². The zero-order valence-electron chi connectivity index (χ0n) is 12.0. The molecule has 0 bridgehead atoms. The molecule has 1 aliphatic rings. The number of nitrogens with two attached hydrogens (primary N) is 1. The molecular weight excluding hydrogens is 256 g/mol. The van der Waals surface area contributed by atoms with Crippen molar-refractivity contribution < 1.29 is 14.3 Å². The zero-order valence-corrected chi connectivity index (χ0v) is 12.0. The lowest BCUT2D eigenvalue weighted by atomic mass is 10.1. The van der Waals surface area contributed by atoms with E-state index in [0.29, 0.717) is 23.6 Å². The normalized spacial score (nSPS) is 21.7. The van der Waals surface area contributed by atoms with Crippen LogP contribution in [0, 0.1) is 0 Å². The van der Waals surface area contributed by atoms with E-state index in [1.54, 1.807) is 25.3 Å². The fourth-order valence-corrected chi connectivity index (χ4v) is 2.60. The topological polar surface area (TPSA) is 73.6 Å². The first kappa shape index (κ1) is 14.7. The Morgan fingerprint density at radius 1 is 1.45 bits per heavy atom. The third-order valence-corrected chi connectivity index (χ3v) is 3.64. The maximum Gasteiger partial charge on any atom is 0.251 e. The van der Waals surface area contributed by atoms with Crippen molar-refractivity contribution in [2.75, 3.05) is 19.5 Å². The maximum absolute atomic E-state index is 12.2. The van der Waals surface area contributed by atoms with Gasteiger partial charge in [0.25, 0.3) is 5.91 Å². The summed E-state index contributed by atoms with van der Waals surface area (Å²) in [5, 5.41) is 3.01. The van der Waals surface area contributed by atoms with Crippen LogP contribution in [0.25, 0.3) is 0 Å². The number of benzene rings is 1. The monoisotopic (exact) mass is 278 g/mol. The summed E-state index contributed by atoms with van der Waals surface area (Å²) in [5.74, 6) is 0.494. The lowest BCUT2D eigenvalue weighted by Crippen LogP contribution is -2.40. The Hall–Kier alpha value is -1.75. The van der Waals surface area contributed by atoms with Crippen LogP contribution in [-0.2, 0) is 4.74 Å². The molecule has 5 heteroatoms. The first-order valence-electron chi connectivity index (χ1n) is 7.01. The van der Waals surface area contributed by atoms with E-state index in [9.17, 15) is 4.79 Å². The number of anilines is 1. The van der Waals surface area contributed by atoms with Gasteiger partial charge in [0.2, 0.25) is 0 Å². The van der Waals surface area contributed by atoms with E-state index in [1.807, 2.05) is 6.92 Å². The molecule has 2 atom stereocenters. The molecule has 0 saturated heterocycles. The quantitative estimate of drug-likeness (QED) is 0.808. The van der Waals surface area contributed by atoms with E-state index in [0.717, 1.165) is 19.3 Å². The van der Waals surface area contributed by atoms with Crippen LogP contribution in [-0.4, -0.2) is 31.8 Å². The fourth-order valence-electron chi connectivity index (χ4n) is 2.60. The van der Waals surface area contributed by atoms with Gasteiger partial charge in [-0.3, -0.25) is 4.79 Å². The van der Waals surface area contributed by atoms with Gasteiger partial charge in [-0.25, -0.2) is 0 Å². The van der Waals surface area contributed by atoms with Crippen LogP contribution in [0.15, 0.2) is 18.2 Å². The number of hydrogen-bond donors (Lipinski definition) is 2. The Labute approximate surface area is 119 Å². The molecule has 3 N–H and O–H groups in total. The lowest BCUT2D eigenvalue weighted by molar-refractivity contribution is 0.0722. The molecule has 0 aliphatic heterocycles. The van der Waals surface area contributed by atoms with Crippen LogP contribution in [0.1, 0.15) is 36.5 Å². The van der Waals surface area contributed by atoms with Crippen LogP contribution in [0.4, 0.5) is 5.69 Å². The third-order valence-electron chi connectivity index (χ3n) is 3.64. The Morgan fingerprint density at radius 3 is 2.90 bits per heavy atom. The molecule has 2 unspecified atom stereocenters. The average Bonchev–Trinajstić information content (AvgIpc) is 2.88. The van der Waals surface area contributed by atoms with Gasteiger partial charge in [-0.05, 0) is 44.4 Å². The van der Waals surface area contributed by atoms with Gasteiger partial charge in [0.15, 0.2) is 0 Å². The van der Waals surface area contributed by atoms with Crippen molar-refractivity contribution in [3.8, 4) is 5.75 Å². The van der Waals surface area contributed by atoms with Gasteiger partial charge in [-0.15, -0.1) is 0 Å². The summed E-state index contributed by atoms with van der Waals surface area (Å²) in [6, 6.07) is 5.20. The number of carbonyl (C=O) groups excluding carboxylic acids is 1. The second kappa shape index (κ2) is 6.61. The van der Waals surface area contributed by atoms with Crippen molar-refractivity contribution in [2.24, 2.45) is 0 Å². The summed E-state index contributed by atoms with van der Waals surface area (Å²) in [4.78, 5) is 12.2. The number of amides is 1. The molecule has 1 fully saturated rings. The minimum atomic E-state index is -0.117. The summed E-state index contributed by atoms with van der Waals surface area (Å²) in [7, 11) is 1.68. The Balaban J connectivity index is 2.04. The highest BCUT2D eigenvalue weighted by Crippen LogP contribution is 2.24. The second-order valence-corrected chi connectivity index (χ2v) is 4.97. The lowest BCUT2D eigenvalue weighted by Gasteiger charge is -2.19. The molecule has 2 rings (SSSR count). The van der Waals surface area contributed by atoms with Crippen molar-refractivity contribution >= 4 is 11.6 Å². The standard InChI is InChI=1S/C15H22N2O3/c1-3-20-13-8-7-10(9-11(13)16)15(18)17-12-5-4-6-14(12)19-2/h7-9,12,14H,3-6,16H2,1-2H3,(H,17,18). The van der Waals surface area contributed by atoms with Crippen LogP contribution in [0.2, 0.25) is 0 Å². The van der Waals surface area contributed by atoms with Crippen LogP contribution in [0.3, 0.4) is 0 Å². The Bertz CT molecular complexity index is 476. The predicted molar refractivity (Wildman–Crippen MR) is 77.9 cm³/mol. The van der Waals surface area contributed by atoms with Gasteiger partial charge in [-0.2, -0.15) is 0 Å². The van der Waals surface area contributed by atoms with E-state index < -0.39 is 0 Å². The number of nitrogens with one attached hydrogen (secondary N) is 1. The smallest absolute Gasteiger partial charge is 0.251 e. The highest BCUT2D eigenvalue weighted by molar-refractivity contribution is 5.95.